The third kappa shape index (κ3) is 3.05. The minimum absolute atomic E-state index is 0.0218. The van der Waals surface area contributed by atoms with Gasteiger partial charge in [-0.15, -0.1) is 0 Å². The fourth-order valence-corrected chi connectivity index (χ4v) is 2.31. The van der Waals surface area contributed by atoms with Crippen LogP contribution < -0.4 is 10.6 Å². The third-order valence-corrected chi connectivity index (χ3v) is 3.51. The second-order valence-electron chi connectivity index (χ2n) is 4.93. The monoisotopic (exact) mass is 279 g/mol. The molecule has 108 valence electrons. The number of nitro groups is 1. The van der Waals surface area contributed by atoms with E-state index in [2.05, 4.69) is 10.6 Å². The molecule has 1 aromatic rings. The number of piperidine rings is 1. The van der Waals surface area contributed by atoms with Gasteiger partial charge >= 0.3 is 5.69 Å². The molecule has 0 radical (unpaired) electrons. The first-order valence-corrected chi connectivity index (χ1v) is 6.50. The van der Waals surface area contributed by atoms with Gasteiger partial charge in [0, 0.05) is 23.7 Å². The van der Waals surface area contributed by atoms with Crippen LogP contribution in [-0.2, 0) is 0 Å². The molecule has 1 amide bonds. The highest BCUT2D eigenvalue weighted by molar-refractivity contribution is 5.95. The Balaban J connectivity index is 2.09. The Hall–Kier alpha value is -2.15. The molecule has 0 bridgehead atoms. The number of amides is 1. The molecular formula is C13H17N3O4. The smallest absolute Gasteiger partial charge is 0.310 e. The van der Waals surface area contributed by atoms with Crippen LogP contribution in [0.5, 0.6) is 5.75 Å². The molecule has 0 aromatic heterocycles. The number of hydrogen-bond acceptors (Lipinski definition) is 5. The summed E-state index contributed by atoms with van der Waals surface area (Å²) >= 11 is 0. The van der Waals surface area contributed by atoms with E-state index in [1.165, 1.54) is 6.07 Å². The molecule has 0 saturated carbocycles. The van der Waals surface area contributed by atoms with Crippen LogP contribution in [0.4, 0.5) is 5.69 Å². The maximum atomic E-state index is 12.1. The normalized spacial score (nSPS) is 22.2. The lowest BCUT2D eigenvalue weighted by molar-refractivity contribution is -0.385. The summed E-state index contributed by atoms with van der Waals surface area (Å²) in [6.07, 6.45) is 1.87. The van der Waals surface area contributed by atoms with E-state index < -0.39 is 16.4 Å². The van der Waals surface area contributed by atoms with Gasteiger partial charge in [0.1, 0.15) is 0 Å². The topological polar surface area (TPSA) is 104 Å². The highest BCUT2D eigenvalue weighted by atomic mass is 16.6. The van der Waals surface area contributed by atoms with E-state index in [1.54, 1.807) is 0 Å². The minimum Gasteiger partial charge on any atom is -0.502 e. The van der Waals surface area contributed by atoms with Crippen LogP contribution in [0, 0.1) is 10.1 Å². The zero-order valence-electron chi connectivity index (χ0n) is 11.1. The van der Waals surface area contributed by atoms with E-state index in [4.69, 9.17) is 0 Å². The summed E-state index contributed by atoms with van der Waals surface area (Å²) < 4.78 is 0. The number of nitrogens with zero attached hydrogens (tertiary/aromatic N) is 1. The lowest BCUT2D eigenvalue weighted by atomic mass is 9.99. The summed E-state index contributed by atoms with van der Waals surface area (Å²) in [6, 6.07) is 3.79. The van der Waals surface area contributed by atoms with Gasteiger partial charge in [-0.2, -0.15) is 0 Å². The van der Waals surface area contributed by atoms with Gasteiger partial charge in [0.15, 0.2) is 5.75 Å². The molecule has 1 fully saturated rings. The minimum atomic E-state index is -0.690. The predicted molar refractivity (Wildman–Crippen MR) is 72.7 cm³/mol. The quantitative estimate of drug-likeness (QED) is 0.569. The van der Waals surface area contributed by atoms with Crippen molar-refractivity contribution < 1.29 is 14.8 Å². The summed E-state index contributed by atoms with van der Waals surface area (Å²) in [7, 11) is 0. The van der Waals surface area contributed by atoms with Crippen LogP contribution in [0.2, 0.25) is 0 Å². The van der Waals surface area contributed by atoms with Crippen LogP contribution in [-0.4, -0.2) is 34.6 Å². The number of nitrogens with one attached hydrogen (secondary N) is 2. The van der Waals surface area contributed by atoms with Crippen molar-refractivity contribution in [2.45, 2.75) is 31.8 Å². The molecule has 1 aliphatic rings. The molecule has 2 rings (SSSR count). The standard InChI is InChI=1S/C13H17N3O4/c1-8-10(3-2-6-14-8)15-13(18)9-4-5-11(16(19)20)12(17)7-9/h4-5,7-8,10,14,17H,2-3,6H2,1H3,(H,15,18). The summed E-state index contributed by atoms with van der Waals surface area (Å²) in [6.45, 7) is 2.93. The number of phenolic OH excluding ortho intramolecular Hbond substituents is 1. The second-order valence-corrected chi connectivity index (χ2v) is 4.93. The van der Waals surface area contributed by atoms with Crippen molar-refractivity contribution in [3.05, 3.63) is 33.9 Å². The number of carbonyl (C=O) groups excluding carboxylic acids is 1. The highest BCUT2D eigenvalue weighted by Crippen LogP contribution is 2.26. The van der Waals surface area contributed by atoms with Crippen LogP contribution >= 0.6 is 0 Å². The molecule has 2 atom stereocenters. The van der Waals surface area contributed by atoms with Gasteiger partial charge in [-0.25, -0.2) is 0 Å². The SMILES string of the molecule is CC1NCCCC1NC(=O)c1ccc([N+](=O)[O-])c(O)c1. The zero-order chi connectivity index (χ0) is 14.7. The predicted octanol–water partition coefficient (Wildman–Crippen LogP) is 1.17. The van der Waals surface area contributed by atoms with Gasteiger partial charge in [-0.1, -0.05) is 0 Å². The van der Waals surface area contributed by atoms with Gasteiger partial charge in [-0.3, -0.25) is 14.9 Å². The Labute approximate surface area is 116 Å². The van der Waals surface area contributed by atoms with Gasteiger partial charge in [0.05, 0.1) is 4.92 Å². The van der Waals surface area contributed by atoms with Crippen LogP contribution in [0.3, 0.4) is 0 Å². The number of carbonyl (C=O) groups is 1. The van der Waals surface area contributed by atoms with Crippen molar-refractivity contribution in [1.29, 1.82) is 0 Å². The maximum absolute atomic E-state index is 12.1. The maximum Gasteiger partial charge on any atom is 0.310 e. The molecule has 3 N–H and O–H groups in total. The second kappa shape index (κ2) is 5.87. The summed E-state index contributed by atoms with van der Waals surface area (Å²) in [5.41, 5.74) is -0.194. The Morgan fingerprint density at radius 1 is 1.55 bits per heavy atom. The summed E-state index contributed by atoms with van der Waals surface area (Å²) in [5, 5.41) is 26.3. The molecule has 1 aromatic carbocycles. The van der Waals surface area contributed by atoms with Crippen molar-refractivity contribution >= 4 is 11.6 Å². The lowest BCUT2D eigenvalue weighted by Gasteiger charge is -2.30. The van der Waals surface area contributed by atoms with Crippen molar-refractivity contribution in [2.75, 3.05) is 6.54 Å². The fourth-order valence-electron chi connectivity index (χ4n) is 2.31. The van der Waals surface area contributed by atoms with Gasteiger partial charge in [0.25, 0.3) is 5.91 Å². The van der Waals surface area contributed by atoms with E-state index in [-0.39, 0.29) is 23.6 Å². The number of nitro benzene ring substituents is 1. The number of aromatic hydroxyl groups is 1. The Morgan fingerprint density at radius 2 is 2.30 bits per heavy atom. The molecule has 7 heteroatoms. The van der Waals surface area contributed by atoms with E-state index in [9.17, 15) is 20.0 Å². The van der Waals surface area contributed by atoms with Gasteiger partial charge in [0.2, 0.25) is 0 Å². The molecule has 2 unspecified atom stereocenters. The molecule has 0 spiro atoms. The van der Waals surface area contributed by atoms with Crippen LogP contribution in [0.15, 0.2) is 18.2 Å². The van der Waals surface area contributed by atoms with Crippen molar-refractivity contribution in [2.24, 2.45) is 0 Å². The van der Waals surface area contributed by atoms with Crippen molar-refractivity contribution in [3.63, 3.8) is 0 Å². The Bertz CT molecular complexity index is 532. The van der Waals surface area contributed by atoms with E-state index in [0.29, 0.717) is 0 Å². The van der Waals surface area contributed by atoms with Gasteiger partial charge in [-0.05, 0) is 38.4 Å². The average Bonchev–Trinajstić information content (AvgIpc) is 2.40. The van der Waals surface area contributed by atoms with E-state index in [0.717, 1.165) is 31.5 Å². The molecule has 20 heavy (non-hydrogen) atoms. The fraction of sp³-hybridized carbons (Fsp3) is 0.462. The Kier molecular flexibility index (Phi) is 4.19. The number of benzene rings is 1. The average molecular weight is 279 g/mol. The zero-order valence-corrected chi connectivity index (χ0v) is 11.1. The highest BCUT2D eigenvalue weighted by Gasteiger charge is 2.23. The molecule has 7 nitrogen and oxygen atoms in total. The Morgan fingerprint density at radius 3 is 2.90 bits per heavy atom. The molecule has 1 aliphatic heterocycles. The van der Waals surface area contributed by atoms with Crippen molar-refractivity contribution in [1.82, 2.24) is 10.6 Å². The lowest BCUT2D eigenvalue weighted by Crippen LogP contribution is -2.51. The first-order chi connectivity index (χ1) is 9.49. The first-order valence-electron chi connectivity index (χ1n) is 6.50. The van der Waals surface area contributed by atoms with Crippen LogP contribution in [0.1, 0.15) is 30.1 Å². The molecule has 1 saturated heterocycles. The van der Waals surface area contributed by atoms with Gasteiger partial charge < -0.3 is 15.7 Å². The number of phenols is 1. The number of rotatable bonds is 3. The summed E-state index contributed by atoms with van der Waals surface area (Å²) in [5.74, 6) is -0.840. The van der Waals surface area contributed by atoms with Crippen molar-refractivity contribution in [3.8, 4) is 5.75 Å². The molecule has 1 heterocycles. The first kappa shape index (κ1) is 14.3. The summed E-state index contributed by atoms with van der Waals surface area (Å²) in [4.78, 5) is 22.0. The van der Waals surface area contributed by atoms with E-state index >= 15 is 0 Å². The largest absolute Gasteiger partial charge is 0.502 e. The molecular weight excluding hydrogens is 262 g/mol. The number of hydrogen-bond donors (Lipinski definition) is 3. The van der Waals surface area contributed by atoms with Crippen LogP contribution in [0.25, 0.3) is 0 Å². The third-order valence-electron chi connectivity index (χ3n) is 3.51. The van der Waals surface area contributed by atoms with E-state index in [1.807, 2.05) is 6.92 Å². The molecule has 0 aliphatic carbocycles.